The van der Waals surface area contributed by atoms with E-state index in [1.807, 2.05) is 0 Å². The Balaban J connectivity index is -0.00000000167. The molecule has 0 saturated carbocycles. The second-order valence-electron chi connectivity index (χ2n) is 0. The van der Waals surface area contributed by atoms with Crippen LogP contribution in [0.2, 0.25) is 0 Å². The maximum atomic E-state index is 2.22. The van der Waals surface area contributed by atoms with Crippen molar-refractivity contribution in [2.75, 3.05) is 0 Å². The molecule has 0 fully saturated rings. The maximum absolute atomic E-state index is 2.22. The third-order valence-corrected chi connectivity index (χ3v) is 0. The Morgan fingerprint density at radius 3 is 1.00 bits per heavy atom. The topological polar surface area (TPSA) is 0 Å². The van der Waals surface area contributed by atoms with Crippen LogP contribution < -0.4 is 0 Å². The van der Waals surface area contributed by atoms with E-state index in [1.54, 1.807) is 0 Å². The van der Waals surface area contributed by atoms with Crippen LogP contribution in [0.3, 0.4) is 0 Å². The van der Waals surface area contributed by atoms with Crippen LogP contribution in [0.15, 0.2) is 0 Å². The van der Waals surface area contributed by atoms with Gasteiger partial charge in [0.15, 0.2) is 0 Å². The van der Waals surface area contributed by atoms with E-state index in [-0.39, 0.29) is 55.8 Å². The van der Waals surface area contributed by atoms with Crippen molar-refractivity contribution in [3.05, 3.63) is 0 Å². The predicted octanol–water partition coefficient (Wildman–Crippen LogP) is -1.46. The molecule has 0 amide bonds. The molecule has 0 aromatic heterocycles. The van der Waals surface area contributed by atoms with E-state index in [9.17, 15) is 0 Å². The van der Waals surface area contributed by atoms with Crippen molar-refractivity contribution >= 4 is 17.6 Å². The summed E-state index contributed by atoms with van der Waals surface area (Å²) in [5.74, 6) is 0. The van der Waals surface area contributed by atoms with Gasteiger partial charge in [0, 0.05) is 38.2 Å². The average molecular weight is 577 g/mol. The molecule has 0 N–H and O–H groups in total. The summed E-state index contributed by atoms with van der Waals surface area (Å²) >= 11 is 4.44. The first kappa shape index (κ1) is 24.0. The predicted molar refractivity (Wildman–Crippen MR) is 11.3 cm³/mol. The zero-order valence-electron chi connectivity index (χ0n) is 1.42. The average Bonchev–Trinajstić information content (AvgIpc) is 1.00. The Morgan fingerprint density at radius 2 is 1.00 bits per heavy atom. The van der Waals surface area contributed by atoms with Gasteiger partial charge in [-0.05, 0) is 0 Å². The van der Waals surface area contributed by atoms with E-state index in [0.29, 0.717) is 0 Å². The third-order valence-electron chi connectivity index (χ3n) is 0. The van der Waals surface area contributed by atoms with Gasteiger partial charge in [-0.1, -0.05) is 0 Å². The Labute approximate surface area is 89.3 Å². The van der Waals surface area contributed by atoms with Gasteiger partial charge in [0.25, 0.3) is 0 Å². The SMILES string of the molecule is [Au][Au].[GeH4].[Ni].[Ti]. The fraction of sp³-hybridized carbons (Fsp3) is 0. The van der Waals surface area contributed by atoms with Crippen molar-refractivity contribution in [2.45, 2.75) is 0 Å². The smallest absolute Gasteiger partial charge is 0 e. The number of rotatable bonds is 0. The first-order valence-electron chi connectivity index (χ1n) is 0.0909. The molecule has 0 unspecified atom stereocenters. The fourth-order valence-electron chi connectivity index (χ4n) is 0. The molecular formula is H4Au2GeNiTi. The molecule has 5 heavy (non-hydrogen) atoms. The van der Waals surface area contributed by atoms with Crippen molar-refractivity contribution in [2.24, 2.45) is 0 Å². The zero-order chi connectivity index (χ0) is 2.00. The zero-order valence-corrected chi connectivity index (χ0v) is 8.30. The van der Waals surface area contributed by atoms with Gasteiger partial charge >= 0.3 is 52.9 Å². The van der Waals surface area contributed by atoms with Gasteiger partial charge in [-0.25, -0.2) is 0 Å². The summed E-state index contributed by atoms with van der Waals surface area (Å²) in [6.07, 6.45) is 0. The van der Waals surface area contributed by atoms with Gasteiger partial charge in [0.1, 0.15) is 0 Å². The standard InChI is InChI=1S/2Au.GeH4.Ni.Ti/h;;1H4;;. The molecule has 0 aliphatic heterocycles. The number of hydrogen-bond donors (Lipinski definition) is 0. The summed E-state index contributed by atoms with van der Waals surface area (Å²) in [6, 6.07) is 0. The fourth-order valence-corrected chi connectivity index (χ4v) is 0. The van der Waals surface area contributed by atoms with E-state index in [1.165, 1.54) is 0 Å². The largest absolute Gasteiger partial charge is 0 e. The Bertz CT molecular complexity index is 9.61. The van der Waals surface area contributed by atoms with Crippen LogP contribution in [0.25, 0.3) is 0 Å². The maximum Gasteiger partial charge on any atom is 0 e. The van der Waals surface area contributed by atoms with Crippen LogP contribution in [-0.2, 0) is 73.5 Å². The summed E-state index contributed by atoms with van der Waals surface area (Å²) in [5, 5.41) is 0. The van der Waals surface area contributed by atoms with Gasteiger partial charge in [0.2, 0.25) is 0 Å². The van der Waals surface area contributed by atoms with Crippen LogP contribution in [0, 0.1) is 0 Å². The Hall–Kier alpha value is 3.23. The van der Waals surface area contributed by atoms with Crippen molar-refractivity contribution in [3.8, 4) is 0 Å². The van der Waals surface area contributed by atoms with E-state index in [2.05, 4.69) is 35.3 Å². The molecule has 0 aromatic rings. The van der Waals surface area contributed by atoms with Gasteiger partial charge in [-0.15, -0.1) is 0 Å². The number of hydrogen-bond acceptors (Lipinski definition) is 0. The monoisotopic (exact) mass is 578 g/mol. The third kappa shape index (κ3) is 19.0. The second kappa shape index (κ2) is 26.9. The summed E-state index contributed by atoms with van der Waals surface area (Å²) in [7, 11) is 0. The van der Waals surface area contributed by atoms with E-state index < -0.39 is 0 Å². The van der Waals surface area contributed by atoms with Crippen molar-refractivity contribution in [1.82, 2.24) is 0 Å². The molecule has 0 radical (unpaired) electrons. The van der Waals surface area contributed by atoms with Gasteiger partial charge < -0.3 is 0 Å². The Kier molecular flexibility index (Phi) is 129. The minimum atomic E-state index is 0. The van der Waals surface area contributed by atoms with Crippen LogP contribution in [-0.4, -0.2) is 17.6 Å². The van der Waals surface area contributed by atoms with E-state index in [4.69, 9.17) is 0 Å². The second-order valence-corrected chi connectivity index (χ2v) is 0. The normalized spacial score (nSPS) is 1.60. The first-order valence-corrected chi connectivity index (χ1v) is 6.09. The molecule has 0 nitrogen and oxygen atoms in total. The molecule has 0 atom stereocenters. The molecular weight excluding hydrogens is 573 g/mol. The quantitative estimate of drug-likeness (QED) is 0.309. The van der Waals surface area contributed by atoms with E-state index >= 15 is 0 Å². The van der Waals surface area contributed by atoms with Gasteiger partial charge in [-0.2, -0.15) is 0 Å². The van der Waals surface area contributed by atoms with Crippen molar-refractivity contribution in [3.63, 3.8) is 0 Å². The van der Waals surface area contributed by atoms with Crippen LogP contribution in [0.4, 0.5) is 0 Å². The summed E-state index contributed by atoms with van der Waals surface area (Å²) in [5.41, 5.74) is 0. The molecule has 0 aliphatic carbocycles. The van der Waals surface area contributed by atoms with Crippen LogP contribution in [0.5, 0.6) is 0 Å². The minimum Gasteiger partial charge on any atom is 0 e. The molecule has 0 heterocycles. The van der Waals surface area contributed by atoms with Crippen molar-refractivity contribution < 1.29 is 73.5 Å². The molecule has 0 saturated heterocycles. The van der Waals surface area contributed by atoms with E-state index in [0.717, 1.165) is 0 Å². The van der Waals surface area contributed by atoms with Gasteiger partial charge in [0.05, 0.1) is 0 Å². The molecule has 0 bridgehead atoms. The first-order chi connectivity index (χ1) is 1.00. The summed E-state index contributed by atoms with van der Waals surface area (Å²) in [6.45, 7) is 0. The minimum absolute atomic E-state index is 0. The molecule has 0 aromatic carbocycles. The van der Waals surface area contributed by atoms with Gasteiger partial charge in [-0.3, -0.25) is 0 Å². The Morgan fingerprint density at radius 1 is 1.00 bits per heavy atom. The van der Waals surface area contributed by atoms with Crippen LogP contribution in [0.1, 0.15) is 0 Å². The molecule has 0 rings (SSSR count). The molecule has 44 valence electrons. The molecule has 0 spiro atoms. The molecule has 5 heteroatoms. The summed E-state index contributed by atoms with van der Waals surface area (Å²) < 4.78 is 0. The summed E-state index contributed by atoms with van der Waals surface area (Å²) in [4.78, 5) is 0. The van der Waals surface area contributed by atoms with Crippen molar-refractivity contribution in [1.29, 1.82) is 0 Å². The van der Waals surface area contributed by atoms with Crippen LogP contribution >= 0.6 is 0 Å². The molecule has 0 aliphatic rings.